The topological polar surface area (TPSA) is 58.4 Å². The van der Waals surface area contributed by atoms with Crippen LogP contribution in [0.2, 0.25) is 0 Å². The number of benzene rings is 2. The summed E-state index contributed by atoms with van der Waals surface area (Å²) < 4.78 is 2.73. The Hall–Kier alpha value is -2.77. The zero-order chi connectivity index (χ0) is 24.9. The van der Waals surface area contributed by atoms with Crippen LogP contribution in [0.25, 0.3) is 0 Å². The molecule has 1 aromatic heterocycles. The smallest absolute Gasteiger partial charge is 0.257 e. The first-order valence-electron chi connectivity index (χ1n) is 12.2. The van der Waals surface area contributed by atoms with E-state index in [2.05, 4.69) is 27.8 Å². The quantitative estimate of drug-likeness (QED) is 0.362. The highest BCUT2D eigenvalue weighted by molar-refractivity contribution is 9.10. The van der Waals surface area contributed by atoms with Gasteiger partial charge in [0.15, 0.2) is 0 Å². The van der Waals surface area contributed by atoms with E-state index < -0.39 is 0 Å². The largest absolute Gasteiger partial charge is 0.327 e. The second-order valence-corrected chi connectivity index (χ2v) is 10.4. The van der Waals surface area contributed by atoms with E-state index in [4.69, 9.17) is 4.98 Å². The molecule has 0 radical (unpaired) electrons. The molecule has 2 aromatic carbocycles. The van der Waals surface area contributed by atoms with Crippen LogP contribution in [0.15, 0.2) is 70.1 Å². The van der Waals surface area contributed by atoms with Crippen LogP contribution >= 0.6 is 15.9 Å². The van der Waals surface area contributed by atoms with Crippen molar-refractivity contribution in [3.05, 3.63) is 98.1 Å². The van der Waals surface area contributed by atoms with Gasteiger partial charge in [-0.25, -0.2) is 4.98 Å². The van der Waals surface area contributed by atoms with Gasteiger partial charge in [-0.1, -0.05) is 53.2 Å². The molecule has 1 atom stereocenters. The Morgan fingerprint density at radius 1 is 1.09 bits per heavy atom. The predicted octanol–water partition coefficient (Wildman–Crippen LogP) is 5.09. The summed E-state index contributed by atoms with van der Waals surface area (Å²) >= 11 is 3.45. The number of halogens is 1. The van der Waals surface area contributed by atoms with Crippen LogP contribution in [0.1, 0.15) is 65.5 Å². The lowest BCUT2D eigenvalue weighted by atomic mass is 10.1. The minimum absolute atomic E-state index is 0.0171. The van der Waals surface area contributed by atoms with E-state index >= 15 is 0 Å². The maximum Gasteiger partial charge on any atom is 0.257 e. The van der Waals surface area contributed by atoms with E-state index in [0.717, 1.165) is 28.4 Å². The molecule has 0 saturated heterocycles. The van der Waals surface area contributed by atoms with Crippen molar-refractivity contribution in [2.24, 2.45) is 0 Å². The van der Waals surface area contributed by atoms with Gasteiger partial charge in [-0.3, -0.25) is 14.2 Å². The number of likely N-dealkylation sites (N-methyl/N-ethyl adjacent to an activating group) is 1. The molecule has 1 aliphatic carbocycles. The zero-order valence-electron chi connectivity index (χ0n) is 20.7. The van der Waals surface area contributed by atoms with Crippen molar-refractivity contribution in [2.45, 2.75) is 44.7 Å². The number of nitrogens with zero attached hydrogens (tertiary/aromatic N) is 4. The van der Waals surface area contributed by atoms with E-state index in [-0.39, 0.29) is 17.5 Å². The van der Waals surface area contributed by atoms with Crippen LogP contribution in [0.4, 0.5) is 0 Å². The number of carbonyl (C=O) groups excluding carboxylic acids is 1. The van der Waals surface area contributed by atoms with E-state index in [1.165, 1.54) is 0 Å². The molecule has 0 spiro atoms. The fourth-order valence-electron chi connectivity index (χ4n) is 4.39. The second-order valence-electron chi connectivity index (χ2n) is 9.46. The summed E-state index contributed by atoms with van der Waals surface area (Å²) in [6, 6.07) is 17.1. The van der Waals surface area contributed by atoms with E-state index in [1.54, 1.807) is 10.8 Å². The van der Waals surface area contributed by atoms with Crippen LogP contribution in [0, 0.1) is 0 Å². The van der Waals surface area contributed by atoms with Gasteiger partial charge in [-0.15, -0.1) is 0 Å². The minimum atomic E-state index is -0.323. The molecule has 7 heteroatoms. The Kier molecular flexibility index (Phi) is 8.19. The molecule has 1 fully saturated rings. The summed E-state index contributed by atoms with van der Waals surface area (Å²) in [6.45, 7) is 3.73. The van der Waals surface area contributed by atoms with Crippen molar-refractivity contribution >= 4 is 21.8 Å². The summed E-state index contributed by atoms with van der Waals surface area (Å²) in [4.78, 5) is 36.2. The summed E-state index contributed by atoms with van der Waals surface area (Å²) in [5.74, 6) is 0.897. The molecule has 1 heterocycles. The second kappa shape index (κ2) is 11.3. The molecule has 4 rings (SSSR count). The van der Waals surface area contributed by atoms with E-state index in [9.17, 15) is 9.59 Å². The SMILES string of the molecule is CCC(c1ncc(C2CC2)c(=O)n1Cc1ccccc1)N(CCN(C)C)C(=O)c1ccc(Br)cc1. The molecule has 1 saturated carbocycles. The molecule has 184 valence electrons. The van der Waals surface area contributed by atoms with Crippen molar-refractivity contribution in [3.63, 3.8) is 0 Å². The predicted molar refractivity (Wildman–Crippen MR) is 143 cm³/mol. The summed E-state index contributed by atoms with van der Waals surface area (Å²) in [7, 11) is 3.99. The molecular formula is C28H33BrN4O2. The Labute approximate surface area is 215 Å². The highest BCUT2D eigenvalue weighted by Crippen LogP contribution is 2.38. The summed E-state index contributed by atoms with van der Waals surface area (Å²) in [5, 5.41) is 0. The van der Waals surface area contributed by atoms with Crippen LogP contribution < -0.4 is 5.56 Å². The third-order valence-corrected chi connectivity index (χ3v) is 7.04. The molecule has 35 heavy (non-hydrogen) atoms. The number of hydrogen-bond donors (Lipinski definition) is 0. The van der Waals surface area contributed by atoms with Crippen LogP contribution in [-0.2, 0) is 6.54 Å². The third kappa shape index (κ3) is 6.08. The first kappa shape index (κ1) is 25.3. The lowest BCUT2D eigenvalue weighted by Gasteiger charge is -2.33. The standard InChI is InChI=1S/C28H33BrN4O2/c1-4-25(32(17-16-31(2)3)27(34)22-12-14-23(29)15-13-22)26-30-18-24(21-10-11-21)28(35)33(26)19-20-8-6-5-7-9-20/h5-9,12-15,18,21,25H,4,10-11,16-17,19H2,1-3H3. The molecule has 0 aliphatic heterocycles. The van der Waals surface area contributed by atoms with Crippen molar-refractivity contribution in [1.82, 2.24) is 19.4 Å². The third-order valence-electron chi connectivity index (χ3n) is 6.51. The van der Waals surface area contributed by atoms with Crippen LogP contribution in [0.5, 0.6) is 0 Å². The van der Waals surface area contributed by atoms with Crippen molar-refractivity contribution in [3.8, 4) is 0 Å². The average molecular weight is 538 g/mol. The minimum Gasteiger partial charge on any atom is -0.327 e. The maximum absolute atomic E-state index is 13.8. The molecule has 0 bridgehead atoms. The molecule has 1 amide bonds. The molecule has 1 unspecified atom stereocenters. The fraction of sp³-hybridized carbons (Fsp3) is 0.393. The van der Waals surface area contributed by atoms with Crippen molar-refractivity contribution in [2.75, 3.05) is 27.2 Å². The molecule has 6 nitrogen and oxygen atoms in total. The van der Waals surface area contributed by atoms with Gasteiger partial charge >= 0.3 is 0 Å². The Bertz CT molecular complexity index is 1200. The van der Waals surface area contributed by atoms with Crippen LogP contribution in [0.3, 0.4) is 0 Å². The van der Waals surface area contributed by atoms with E-state index in [0.29, 0.717) is 43.4 Å². The molecule has 1 aliphatic rings. The Morgan fingerprint density at radius 2 is 1.77 bits per heavy atom. The van der Waals surface area contributed by atoms with Gasteiger partial charge in [0.2, 0.25) is 0 Å². The normalized spacial score (nSPS) is 14.2. The van der Waals surface area contributed by atoms with Gasteiger partial charge < -0.3 is 9.80 Å². The highest BCUT2D eigenvalue weighted by Gasteiger charge is 2.32. The lowest BCUT2D eigenvalue weighted by molar-refractivity contribution is 0.0641. The van der Waals surface area contributed by atoms with Crippen LogP contribution in [-0.4, -0.2) is 52.4 Å². The monoisotopic (exact) mass is 536 g/mol. The maximum atomic E-state index is 13.8. The Morgan fingerprint density at radius 3 is 2.37 bits per heavy atom. The zero-order valence-corrected chi connectivity index (χ0v) is 22.2. The summed E-state index contributed by atoms with van der Waals surface area (Å²) in [6.07, 6.45) is 4.49. The van der Waals surface area contributed by atoms with Crippen molar-refractivity contribution < 1.29 is 4.79 Å². The first-order valence-corrected chi connectivity index (χ1v) is 13.0. The van der Waals surface area contributed by atoms with Gasteiger partial charge in [0.25, 0.3) is 11.5 Å². The Balaban J connectivity index is 1.78. The van der Waals surface area contributed by atoms with E-state index in [1.807, 2.05) is 73.6 Å². The molecule has 3 aromatic rings. The van der Waals surface area contributed by atoms with Gasteiger partial charge in [0, 0.05) is 34.9 Å². The number of amides is 1. The highest BCUT2D eigenvalue weighted by atomic mass is 79.9. The average Bonchev–Trinajstić information content (AvgIpc) is 3.69. The van der Waals surface area contributed by atoms with Gasteiger partial charge in [0.05, 0.1) is 12.6 Å². The molecular weight excluding hydrogens is 504 g/mol. The van der Waals surface area contributed by atoms with Gasteiger partial charge in [-0.2, -0.15) is 0 Å². The number of aromatic nitrogens is 2. The molecule has 0 N–H and O–H groups in total. The number of rotatable bonds is 10. The van der Waals surface area contributed by atoms with Gasteiger partial charge in [0.1, 0.15) is 5.82 Å². The summed E-state index contributed by atoms with van der Waals surface area (Å²) in [5.41, 5.74) is 2.47. The number of hydrogen-bond acceptors (Lipinski definition) is 4. The first-order chi connectivity index (χ1) is 16.9. The fourth-order valence-corrected chi connectivity index (χ4v) is 4.65. The van der Waals surface area contributed by atoms with Crippen molar-refractivity contribution in [1.29, 1.82) is 0 Å². The number of carbonyl (C=O) groups is 1. The van der Waals surface area contributed by atoms with Gasteiger partial charge in [-0.05, 0) is 69.1 Å². The lowest BCUT2D eigenvalue weighted by Crippen LogP contribution is -2.42.